The second-order valence-electron chi connectivity index (χ2n) is 4.11. The van der Waals surface area contributed by atoms with Crippen molar-refractivity contribution in [2.24, 2.45) is 4.40 Å². The summed E-state index contributed by atoms with van der Waals surface area (Å²) in [6.07, 6.45) is 1.68. The average molecular weight is 288 g/mol. The minimum atomic E-state index is 0.0907. The van der Waals surface area contributed by atoms with E-state index in [1.165, 1.54) is 11.9 Å². The second kappa shape index (κ2) is 5.03. The third kappa shape index (κ3) is 4.26. The van der Waals surface area contributed by atoms with E-state index in [0.29, 0.717) is 5.56 Å². The molecular weight excluding hydrogens is 274 g/mol. The van der Waals surface area contributed by atoms with Crippen LogP contribution in [0, 0.1) is 0 Å². The van der Waals surface area contributed by atoms with Gasteiger partial charge in [-0.1, -0.05) is 6.07 Å². The lowest BCUT2D eigenvalue weighted by molar-refractivity contribution is 0.474. The molecule has 1 aromatic carbocycles. The molecule has 0 fully saturated rings. The van der Waals surface area contributed by atoms with Crippen molar-refractivity contribution < 1.29 is 5.11 Å². The first-order chi connectivity index (χ1) is 6.90. The van der Waals surface area contributed by atoms with E-state index in [1.807, 2.05) is 6.07 Å². The van der Waals surface area contributed by atoms with Crippen LogP contribution in [-0.2, 0) is 0 Å². The maximum Gasteiger partial charge on any atom is 0.125 e. The number of halogens is 1. The maximum absolute atomic E-state index is 9.59. The zero-order chi connectivity index (χ0) is 11.5. The van der Waals surface area contributed by atoms with Gasteiger partial charge in [0.2, 0.25) is 0 Å². The van der Waals surface area contributed by atoms with E-state index in [-0.39, 0.29) is 10.5 Å². The van der Waals surface area contributed by atoms with Crippen molar-refractivity contribution in [2.75, 3.05) is 0 Å². The molecule has 1 aromatic rings. The Bertz CT molecular complexity index is 351. The van der Waals surface area contributed by atoms with Crippen LogP contribution < -0.4 is 0 Å². The molecule has 0 aliphatic heterocycles. The normalized spacial score (nSPS) is 12.3. The Morgan fingerprint density at radius 3 is 2.60 bits per heavy atom. The largest absolute Gasteiger partial charge is 0.507 e. The van der Waals surface area contributed by atoms with Crippen LogP contribution in [0.1, 0.15) is 26.3 Å². The van der Waals surface area contributed by atoms with Gasteiger partial charge < -0.3 is 5.11 Å². The lowest BCUT2D eigenvalue weighted by atomic mass is 10.2. The Kier molecular flexibility index (Phi) is 4.22. The Balaban J connectivity index is 2.81. The average Bonchev–Trinajstić information content (AvgIpc) is 2.08. The molecule has 1 rings (SSSR count). The van der Waals surface area contributed by atoms with Gasteiger partial charge in [-0.15, -0.1) is 0 Å². The van der Waals surface area contributed by atoms with Crippen LogP contribution in [0.3, 0.4) is 0 Å². The van der Waals surface area contributed by atoms with Gasteiger partial charge in [-0.2, -0.15) is 0 Å². The summed E-state index contributed by atoms with van der Waals surface area (Å²) in [6.45, 7) is 6.28. The van der Waals surface area contributed by atoms with E-state index in [2.05, 4.69) is 41.1 Å². The molecule has 2 nitrogen and oxygen atoms in total. The minimum Gasteiger partial charge on any atom is -0.507 e. The highest BCUT2D eigenvalue weighted by atomic mass is 79.9. The maximum atomic E-state index is 9.59. The molecule has 0 spiro atoms. The van der Waals surface area contributed by atoms with Crippen LogP contribution in [0.2, 0.25) is 0 Å². The Morgan fingerprint density at radius 2 is 2.07 bits per heavy atom. The topological polar surface area (TPSA) is 32.6 Å². The summed E-state index contributed by atoms with van der Waals surface area (Å²) in [5, 5.41) is 9.59. The van der Waals surface area contributed by atoms with Gasteiger partial charge in [0, 0.05) is 21.0 Å². The molecule has 0 heterocycles. The number of benzene rings is 1. The van der Waals surface area contributed by atoms with Crippen molar-refractivity contribution in [3.05, 3.63) is 28.2 Å². The van der Waals surface area contributed by atoms with Crippen molar-refractivity contribution >= 4 is 34.1 Å². The number of phenolic OH excluding ortho intramolecular Hbond substituents is 1. The predicted molar refractivity (Wildman–Crippen MR) is 70.7 cm³/mol. The lowest BCUT2D eigenvalue weighted by Crippen LogP contribution is -2.05. The summed E-state index contributed by atoms with van der Waals surface area (Å²) in [5.74, 6) is 0.239. The van der Waals surface area contributed by atoms with E-state index in [9.17, 15) is 5.11 Å². The fraction of sp³-hybridized carbons (Fsp3) is 0.364. The third-order valence-corrected chi connectivity index (χ3v) is 2.99. The van der Waals surface area contributed by atoms with Crippen LogP contribution in [0.25, 0.3) is 0 Å². The van der Waals surface area contributed by atoms with Gasteiger partial charge in [0.1, 0.15) is 5.75 Å². The molecule has 0 atom stereocenters. The summed E-state index contributed by atoms with van der Waals surface area (Å²) in [6, 6.07) is 5.31. The quantitative estimate of drug-likeness (QED) is 0.658. The van der Waals surface area contributed by atoms with Gasteiger partial charge in [0.25, 0.3) is 0 Å². The zero-order valence-corrected chi connectivity index (χ0v) is 11.4. The van der Waals surface area contributed by atoms with Crippen LogP contribution in [0.4, 0.5) is 0 Å². The van der Waals surface area contributed by atoms with Crippen molar-refractivity contribution in [1.82, 2.24) is 0 Å². The first kappa shape index (κ1) is 12.6. The molecule has 0 amide bonds. The fourth-order valence-corrected chi connectivity index (χ4v) is 1.82. The number of aromatic hydroxyl groups is 1. The molecule has 0 saturated carbocycles. The molecular formula is C11H14BrNOS. The van der Waals surface area contributed by atoms with E-state index in [4.69, 9.17) is 0 Å². The molecule has 0 aliphatic rings. The van der Waals surface area contributed by atoms with Crippen molar-refractivity contribution in [2.45, 2.75) is 25.5 Å². The molecule has 4 heteroatoms. The van der Waals surface area contributed by atoms with Gasteiger partial charge in [0.15, 0.2) is 0 Å². The first-order valence-corrected chi connectivity index (χ1v) is 6.16. The molecule has 0 unspecified atom stereocenters. The highest BCUT2D eigenvalue weighted by Gasteiger charge is 2.09. The van der Waals surface area contributed by atoms with Crippen LogP contribution in [-0.4, -0.2) is 16.1 Å². The van der Waals surface area contributed by atoms with E-state index >= 15 is 0 Å². The number of nitrogens with zero attached hydrogens (tertiary/aromatic N) is 1. The Hall–Kier alpha value is -0.480. The van der Waals surface area contributed by atoms with Gasteiger partial charge >= 0.3 is 0 Å². The van der Waals surface area contributed by atoms with Gasteiger partial charge in [0.05, 0.1) is 0 Å². The second-order valence-corrected chi connectivity index (χ2v) is 6.58. The summed E-state index contributed by atoms with van der Waals surface area (Å²) < 4.78 is 5.17. The Labute approximate surface area is 103 Å². The van der Waals surface area contributed by atoms with E-state index in [0.717, 1.165) is 4.47 Å². The molecule has 0 aliphatic carbocycles. The highest BCUT2D eigenvalue weighted by Crippen LogP contribution is 2.27. The van der Waals surface area contributed by atoms with Crippen LogP contribution in [0.15, 0.2) is 27.1 Å². The molecule has 15 heavy (non-hydrogen) atoms. The SMILES string of the molecule is CC(C)(C)S/N=C/c1c(O)cccc1Br. The van der Waals surface area contributed by atoms with E-state index < -0.39 is 0 Å². The summed E-state index contributed by atoms with van der Waals surface area (Å²) in [5.41, 5.74) is 0.717. The molecule has 1 N–H and O–H groups in total. The zero-order valence-electron chi connectivity index (χ0n) is 8.99. The smallest absolute Gasteiger partial charge is 0.125 e. The van der Waals surface area contributed by atoms with Gasteiger partial charge in [-0.3, -0.25) is 0 Å². The molecule has 0 saturated heterocycles. The number of rotatable bonds is 2. The monoisotopic (exact) mass is 287 g/mol. The first-order valence-electron chi connectivity index (χ1n) is 4.59. The summed E-state index contributed by atoms with van der Waals surface area (Å²) in [7, 11) is 0. The van der Waals surface area contributed by atoms with Crippen molar-refractivity contribution in [3.63, 3.8) is 0 Å². The summed E-state index contributed by atoms with van der Waals surface area (Å²) in [4.78, 5) is 0. The third-order valence-electron chi connectivity index (χ3n) is 1.54. The van der Waals surface area contributed by atoms with Gasteiger partial charge in [-0.05, 0) is 60.8 Å². The fourth-order valence-electron chi connectivity index (χ4n) is 0.891. The molecule has 82 valence electrons. The predicted octanol–water partition coefficient (Wildman–Crippen LogP) is 4.02. The standard InChI is InChI=1S/C11H14BrNOS/c1-11(2,3)15-13-7-8-9(12)5-4-6-10(8)14/h4-7,14H,1-3H3/b13-7+. The van der Waals surface area contributed by atoms with Crippen molar-refractivity contribution in [1.29, 1.82) is 0 Å². The molecule has 0 radical (unpaired) electrons. The highest BCUT2D eigenvalue weighted by molar-refractivity contribution is 9.10. The summed E-state index contributed by atoms with van der Waals surface area (Å²) >= 11 is 4.85. The molecule has 0 aromatic heterocycles. The lowest BCUT2D eigenvalue weighted by Gasteiger charge is -2.12. The number of hydrogen-bond donors (Lipinski definition) is 1. The van der Waals surface area contributed by atoms with Crippen LogP contribution in [0.5, 0.6) is 5.75 Å². The van der Waals surface area contributed by atoms with E-state index in [1.54, 1.807) is 18.3 Å². The van der Waals surface area contributed by atoms with Crippen molar-refractivity contribution in [3.8, 4) is 5.75 Å². The number of phenols is 1. The minimum absolute atomic E-state index is 0.0907. The Morgan fingerprint density at radius 1 is 1.40 bits per heavy atom. The van der Waals surface area contributed by atoms with Gasteiger partial charge in [-0.25, -0.2) is 4.40 Å². The van der Waals surface area contributed by atoms with Crippen LogP contribution >= 0.6 is 27.9 Å². The molecule has 0 bridgehead atoms. The number of hydrogen-bond acceptors (Lipinski definition) is 3.